The molecule has 1 amide bonds. The van der Waals surface area contributed by atoms with Crippen molar-refractivity contribution in [3.05, 3.63) is 53.6 Å². The van der Waals surface area contributed by atoms with Crippen molar-refractivity contribution in [3.63, 3.8) is 0 Å². The van der Waals surface area contributed by atoms with Crippen molar-refractivity contribution in [2.45, 2.75) is 39.2 Å². The number of benzene rings is 2. The van der Waals surface area contributed by atoms with Gasteiger partial charge < -0.3 is 14.8 Å². The zero-order chi connectivity index (χ0) is 22.4. The molecular weight excluding hydrogens is 416 g/mol. The van der Waals surface area contributed by atoms with E-state index in [1.54, 1.807) is 18.2 Å². The normalized spacial score (nSPS) is 14.0. The minimum absolute atomic E-state index is 0.0584. The molecule has 1 aliphatic rings. The first kappa shape index (κ1) is 22.9. The van der Waals surface area contributed by atoms with Crippen LogP contribution in [-0.4, -0.2) is 40.3 Å². The predicted octanol–water partition coefficient (Wildman–Crippen LogP) is 3.58. The molecule has 0 bridgehead atoms. The van der Waals surface area contributed by atoms with Gasteiger partial charge in [0, 0.05) is 19.0 Å². The lowest BCUT2D eigenvalue weighted by molar-refractivity contribution is -0.121. The van der Waals surface area contributed by atoms with Crippen molar-refractivity contribution in [3.8, 4) is 11.5 Å². The van der Waals surface area contributed by atoms with Crippen molar-refractivity contribution < 1.29 is 22.7 Å². The molecule has 0 radical (unpaired) electrons. The quantitative estimate of drug-likeness (QED) is 0.636. The molecule has 0 fully saturated rings. The monoisotopic (exact) mass is 446 g/mol. The summed E-state index contributed by atoms with van der Waals surface area (Å²) in [5.41, 5.74) is 2.73. The molecule has 7 nitrogen and oxygen atoms in total. The second kappa shape index (κ2) is 10.0. The summed E-state index contributed by atoms with van der Waals surface area (Å²) in [6, 6.07) is 13.1. The van der Waals surface area contributed by atoms with Gasteiger partial charge in [0.05, 0.1) is 18.0 Å². The fraction of sp³-hybridized carbons (Fsp3) is 0.435. The molecule has 1 heterocycles. The third-order valence-electron chi connectivity index (χ3n) is 5.20. The van der Waals surface area contributed by atoms with Crippen LogP contribution in [-0.2, 0) is 14.8 Å². The maximum Gasteiger partial charge on any atom is 0.232 e. The maximum absolute atomic E-state index is 12.5. The van der Waals surface area contributed by atoms with Gasteiger partial charge in [-0.2, -0.15) is 0 Å². The van der Waals surface area contributed by atoms with Crippen LogP contribution in [0.4, 0.5) is 5.69 Å². The Hall–Kier alpha value is -2.74. The standard InChI is InChI=1S/C23H30N2O5S/c1-4-20(18-9-7-17(2)8-10-18)24-23(26)6-5-13-25(31(3,27)28)19-11-12-21-22(16-19)30-15-14-29-21/h7-12,16,20H,4-6,13-15H2,1-3H3,(H,24,26)/t20-/m1/s1. The zero-order valence-electron chi connectivity index (χ0n) is 18.3. The van der Waals surface area contributed by atoms with Crippen molar-refractivity contribution >= 4 is 21.6 Å². The highest BCUT2D eigenvalue weighted by Crippen LogP contribution is 2.34. The first-order chi connectivity index (χ1) is 14.8. The van der Waals surface area contributed by atoms with Gasteiger partial charge in [0.1, 0.15) is 13.2 Å². The number of nitrogens with zero attached hydrogens (tertiary/aromatic N) is 1. The molecule has 0 unspecified atom stereocenters. The van der Waals surface area contributed by atoms with Gasteiger partial charge in [-0.15, -0.1) is 0 Å². The van der Waals surface area contributed by atoms with Crippen molar-refractivity contribution in [2.24, 2.45) is 0 Å². The first-order valence-corrected chi connectivity index (χ1v) is 12.4. The highest BCUT2D eigenvalue weighted by atomic mass is 32.2. The second-order valence-electron chi connectivity index (χ2n) is 7.71. The molecule has 0 saturated carbocycles. The number of amides is 1. The average molecular weight is 447 g/mol. The Kier molecular flexibility index (Phi) is 7.43. The smallest absolute Gasteiger partial charge is 0.232 e. The van der Waals surface area contributed by atoms with Gasteiger partial charge in [0.2, 0.25) is 15.9 Å². The lowest BCUT2D eigenvalue weighted by atomic mass is 10.0. The van der Waals surface area contributed by atoms with E-state index in [2.05, 4.69) is 5.32 Å². The van der Waals surface area contributed by atoms with Gasteiger partial charge in [0.25, 0.3) is 0 Å². The van der Waals surface area contributed by atoms with Crippen molar-refractivity contribution in [2.75, 3.05) is 30.3 Å². The third kappa shape index (κ3) is 6.13. The van der Waals surface area contributed by atoms with Crippen LogP contribution in [0.25, 0.3) is 0 Å². The van der Waals surface area contributed by atoms with E-state index in [-0.39, 0.29) is 24.9 Å². The molecule has 0 spiro atoms. The number of hydrogen-bond donors (Lipinski definition) is 1. The minimum atomic E-state index is -3.51. The van der Waals surface area contributed by atoms with E-state index in [9.17, 15) is 13.2 Å². The first-order valence-electron chi connectivity index (χ1n) is 10.5. The lowest BCUT2D eigenvalue weighted by Crippen LogP contribution is -2.33. The average Bonchev–Trinajstić information content (AvgIpc) is 2.74. The number of carbonyl (C=O) groups is 1. The molecule has 0 saturated heterocycles. The van der Waals surface area contributed by atoms with Crippen molar-refractivity contribution in [1.29, 1.82) is 0 Å². The number of ether oxygens (including phenoxy) is 2. The van der Waals surface area contributed by atoms with Crippen LogP contribution >= 0.6 is 0 Å². The van der Waals surface area contributed by atoms with Crippen LogP contribution in [0, 0.1) is 6.92 Å². The van der Waals surface area contributed by atoms with Gasteiger partial charge in [-0.05, 0) is 37.5 Å². The molecule has 0 aliphatic carbocycles. The van der Waals surface area contributed by atoms with Gasteiger partial charge in [0.15, 0.2) is 11.5 Å². The van der Waals surface area contributed by atoms with E-state index in [0.29, 0.717) is 36.8 Å². The van der Waals surface area contributed by atoms with E-state index >= 15 is 0 Å². The molecule has 1 aliphatic heterocycles. The molecule has 8 heteroatoms. The van der Waals surface area contributed by atoms with Gasteiger partial charge in [-0.25, -0.2) is 8.42 Å². The summed E-state index contributed by atoms with van der Waals surface area (Å²) < 4.78 is 37.1. The van der Waals surface area contributed by atoms with Crippen LogP contribution in [0.3, 0.4) is 0 Å². The number of anilines is 1. The Labute approximate surface area is 184 Å². The number of nitrogens with one attached hydrogen (secondary N) is 1. The molecule has 1 atom stereocenters. The van der Waals surface area contributed by atoms with Crippen LogP contribution < -0.4 is 19.1 Å². The molecule has 3 rings (SSSR count). The van der Waals surface area contributed by atoms with Gasteiger partial charge in [-0.1, -0.05) is 36.8 Å². The summed E-state index contributed by atoms with van der Waals surface area (Å²) in [4.78, 5) is 12.5. The largest absolute Gasteiger partial charge is 0.486 e. The van der Waals surface area contributed by atoms with E-state index < -0.39 is 10.0 Å². The van der Waals surface area contributed by atoms with Crippen LogP contribution in [0.2, 0.25) is 0 Å². The second-order valence-corrected chi connectivity index (χ2v) is 9.61. The van der Waals surface area contributed by atoms with E-state index in [4.69, 9.17) is 9.47 Å². The van der Waals surface area contributed by atoms with Crippen molar-refractivity contribution in [1.82, 2.24) is 5.32 Å². The van der Waals surface area contributed by atoms with Gasteiger partial charge in [-0.3, -0.25) is 9.10 Å². The topological polar surface area (TPSA) is 84.9 Å². The van der Waals surface area contributed by atoms with Crippen LogP contribution in [0.5, 0.6) is 11.5 Å². The SMILES string of the molecule is CC[C@@H](NC(=O)CCCN(c1ccc2c(c1)OCCO2)S(C)(=O)=O)c1ccc(C)cc1. The summed E-state index contributed by atoms with van der Waals surface area (Å²) in [5, 5.41) is 3.05. The van der Waals surface area contributed by atoms with E-state index in [1.165, 1.54) is 9.87 Å². The molecular formula is C23H30N2O5S. The number of sulfonamides is 1. The molecule has 31 heavy (non-hydrogen) atoms. The summed E-state index contributed by atoms with van der Waals surface area (Å²) in [7, 11) is -3.51. The molecule has 168 valence electrons. The van der Waals surface area contributed by atoms with Gasteiger partial charge >= 0.3 is 0 Å². The predicted molar refractivity (Wildman–Crippen MR) is 121 cm³/mol. The molecule has 2 aromatic carbocycles. The summed E-state index contributed by atoms with van der Waals surface area (Å²) >= 11 is 0. The minimum Gasteiger partial charge on any atom is -0.486 e. The fourth-order valence-electron chi connectivity index (χ4n) is 3.54. The van der Waals surface area contributed by atoms with Crippen LogP contribution in [0.15, 0.2) is 42.5 Å². The number of aryl methyl sites for hydroxylation is 1. The number of rotatable bonds is 9. The number of carbonyl (C=O) groups excluding carboxylic acids is 1. The zero-order valence-corrected chi connectivity index (χ0v) is 19.1. The lowest BCUT2D eigenvalue weighted by Gasteiger charge is -2.25. The van der Waals surface area contributed by atoms with E-state index in [0.717, 1.165) is 18.2 Å². The van der Waals surface area contributed by atoms with Crippen LogP contribution in [0.1, 0.15) is 43.4 Å². The molecule has 1 N–H and O–H groups in total. The highest BCUT2D eigenvalue weighted by Gasteiger charge is 2.21. The Bertz CT molecular complexity index is 1010. The summed E-state index contributed by atoms with van der Waals surface area (Å²) in [6.07, 6.45) is 2.58. The summed E-state index contributed by atoms with van der Waals surface area (Å²) in [5.74, 6) is 1.03. The Morgan fingerprint density at radius 3 is 2.42 bits per heavy atom. The fourth-order valence-corrected chi connectivity index (χ4v) is 4.50. The third-order valence-corrected chi connectivity index (χ3v) is 6.40. The van der Waals surface area contributed by atoms with E-state index in [1.807, 2.05) is 38.1 Å². The molecule has 0 aromatic heterocycles. The number of fused-ring (bicyclic) bond motifs is 1. The Morgan fingerprint density at radius 1 is 1.10 bits per heavy atom. The maximum atomic E-state index is 12.5. The molecule has 2 aromatic rings. The number of hydrogen-bond acceptors (Lipinski definition) is 5. The Morgan fingerprint density at radius 2 is 1.77 bits per heavy atom. The summed E-state index contributed by atoms with van der Waals surface area (Å²) in [6.45, 7) is 5.15. The highest BCUT2D eigenvalue weighted by molar-refractivity contribution is 7.92. The Balaban J connectivity index is 1.61.